The van der Waals surface area contributed by atoms with Gasteiger partial charge in [0, 0.05) is 30.7 Å². The number of nitrogens with zero attached hydrogens (tertiary/aromatic N) is 1. The number of alkyl halides is 3. The Kier molecular flexibility index (Phi) is 5.27. The van der Waals surface area contributed by atoms with Crippen molar-refractivity contribution in [2.75, 3.05) is 19.8 Å². The third-order valence-corrected chi connectivity index (χ3v) is 5.30. The van der Waals surface area contributed by atoms with Gasteiger partial charge in [-0.3, -0.25) is 4.90 Å². The molecule has 0 aromatic heterocycles. The van der Waals surface area contributed by atoms with Gasteiger partial charge in [0.1, 0.15) is 5.75 Å². The molecular formula is C18H24F3NO3. The first-order valence-corrected chi connectivity index (χ1v) is 8.64. The highest BCUT2D eigenvalue weighted by Crippen LogP contribution is 2.37. The molecule has 140 valence electrons. The van der Waals surface area contributed by atoms with Crippen molar-refractivity contribution in [3.8, 4) is 5.75 Å². The minimum Gasteiger partial charge on any atom is -0.405 e. The van der Waals surface area contributed by atoms with Crippen LogP contribution in [0.25, 0.3) is 0 Å². The highest BCUT2D eigenvalue weighted by Gasteiger charge is 2.44. The number of benzene rings is 1. The van der Waals surface area contributed by atoms with E-state index in [1.54, 1.807) is 12.1 Å². The average Bonchev–Trinajstić information content (AvgIpc) is 2.95. The molecular weight excluding hydrogens is 335 g/mol. The van der Waals surface area contributed by atoms with E-state index in [0.29, 0.717) is 31.7 Å². The predicted molar refractivity (Wildman–Crippen MR) is 86.1 cm³/mol. The van der Waals surface area contributed by atoms with Crippen molar-refractivity contribution < 1.29 is 27.8 Å². The Hall–Kier alpha value is -1.31. The topological polar surface area (TPSA) is 41.9 Å². The minimum atomic E-state index is -4.71. The van der Waals surface area contributed by atoms with E-state index in [-0.39, 0.29) is 17.7 Å². The highest BCUT2D eigenvalue weighted by molar-refractivity contribution is 5.33. The van der Waals surface area contributed by atoms with Crippen molar-refractivity contribution in [2.24, 2.45) is 5.92 Å². The second kappa shape index (κ2) is 7.13. The lowest BCUT2D eigenvalue weighted by Crippen LogP contribution is -2.52. The molecule has 1 aromatic rings. The number of para-hydroxylation sites is 1. The fourth-order valence-electron chi connectivity index (χ4n) is 3.96. The van der Waals surface area contributed by atoms with E-state index in [0.717, 1.165) is 19.4 Å². The Morgan fingerprint density at radius 3 is 2.84 bits per heavy atom. The van der Waals surface area contributed by atoms with Crippen LogP contribution in [0.1, 0.15) is 31.7 Å². The molecule has 2 fully saturated rings. The van der Waals surface area contributed by atoms with Crippen LogP contribution < -0.4 is 4.74 Å². The zero-order valence-corrected chi connectivity index (χ0v) is 14.3. The zero-order valence-electron chi connectivity index (χ0n) is 14.3. The summed E-state index contributed by atoms with van der Waals surface area (Å²) in [6.45, 7) is 4.01. The number of ether oxygens (including phenoxy) is 2. The molecule has 0 amide bonds. The summed E-state index contributed by atoms with van der Waals surface area (Å²) in [5.41, 5.74) is -0.309. The van der Waals surface area contributed by atoms with Crippen molar-refractivity contribution in [3.63, 3.8) is 0 Å². The van der Waals surface area contributed by atoms with E-state index in [2.05, 4.69) is 9.64 Å². The smallest absolute Gasteiger partial charge is 0.405 e. The Morgan fingerprint density at radius 2 is 2.12 bits per heavy atom. The summed E-state index contributed by atoms with van der Waals surface area (Å²) < 4.78 is 47.6. The highest BCUT2D eigenvalue weighted by atomic mass is 19.4. The van der Waals surface area contributed by atoms with E-state index in [1.807, 2.05) is 6.92 Å². The second-order valence-electron chi connectivity index (χ2n) is 7.12. The Labute approximate surface area is 145 Å². The molecule has 0 aliphatic carbocycles. The van der Waals surface area contributed by atoms with Crippen molar-refractivity contribution in [3.05, 3.63) is 29.8 Å². The summed E-state index contributed by atoms with van der Waals surface area (Å²) in [4.78, 5) is 2.15. The van der Waals surface area contributed by atoms with Crippen molar-refractivity contribution in [2.45, 2.75) is 50.7 Å². The van der Waals surface area contributed by atoms with Gasteiger partial charge in [-0.15, -0.1) is 13.2 Å². The molecule has 2 heterocycles. The van der Waals surface area contributed by atoms with Crippen LogP contribution in [0.15, 0.2) is 24.3 Å². The van der Waals surface area contributed by atoms with Gasteiger partial charge in [-0.2, -0.15) is 0 Å². The van der Waals surface area contributed by atoms with Gasteiger partial charge in [0.2, 0.25) is 0 Å². The number of hydrogen-bond donors (Lipinski definition) is 1. The molecule has 7 heteroatoms. The molecule has 0 saturated carbocycles. The molecule has 0 radical (unpaired) electrons. The molecule has 1 aromatic carbocycles. The summed E-state index contributed by atoms with van der Waals surface area (Å²) in [6, 6.07) is 6.34. The maximum Gasteiger partial charge on any atom is 0.573 e. The summed E-state index contributed by atoms with van der Waals surface area (Å²) in [5, 5.41) is 10.7. The van der Waals surface area contributed by atoms with Gasteiger partial charge >= 0.3 is 6.36 Å². The van der Waals surface area contributed by atoms with E-state index in [1.165, 1.54) is 12.1 Å². The first-order chi connectivity index (χ1) is 11.8. The molecule has 2 aliphatic heterocycles. The molecule has 3 rings (SSSR count). The summed E-state index contributed by atoms with van der Waals surface area (Å²) >= 11 is 0. The summed E-state index contributed by atoms with van der Waals surface area (Å²) in [7, 11) is 0. The van der Waals surface area contributed by atoms with Crippen LogP contribution in [-0.2, 0) is 11.3 Å². The molecule has 2 aliphatic rings. The van der Waals surface area contributed by atoms with Gasteiger partial charge < -0.3 is 14.6 Å². The largest absolute Gasteiger partial charge is 0.573 e. The van der Waals surface area contributed by atoms with Crippen molar-refractivity contribution in [1.82, 2.24) is 4.90 Å². The number of rotatable bonds is 4. The average molecular weight is 359 g/mol. The molecule has 2 saturated heterocycles. The lowest BCUT2D eigenvalue weighted by Gasteiger charge is -2.43. The van der Waals surface area contributed by atoms with Gasteiger partial charge in [0.15, 0.2) is 0 Å². The molecule has 0 spiro atoms. The summed E-state index contributed by atoms with van der Waals surface area (Å²) in [6.07, 6.45) is -2.26. The van der Waals surface area contributed by atoms with E-state index in [4.69, 9.17) is 4.74 Å². The van der Waals surface area contributed by atoms with Crippen LogP contribution in [0.2, 0.25) is 0 Å². The number of hydrogen-bond acceptors (Lipinski definition) is 4. The maximum absolute atomic E-state index is 12.6. The van der Waals surface area contributed by atoms with E-state index < -0.39 is 12.0 Å². The summed E-state index contributed by atoms with van der Waals surface area (Å²) in [5.74, 6) is -0.202. The SMILES string of the molecule is C[C@]1(O)CCOC[C@H]1[C@@H]1CCCN1Cc1ccccc1OC(F)(F)F. The maximum atomic E-state index is 12.6. The minimum absolute atomic E-state index is 0.0422. The third-order valence-electron chi connectivity index (χ3n) is 5.30. The van der Waals surface area contributed by atoms with Crippen LogP contribution in [0.3, 0.4) is 0 Å². The van der Waals surface area contributed by atoms with Crippen LogP contribution in [0.5, 0.6) is 5.75 Å². The Bertz CT molecular complexity index is 591. The van der Waals surface area contributed by atoms with E-state index >= 15 is 0 Å². The second-order valence-corrected chi connectivity index (χ2v) is 7.12. The van der Waals surface area contributed by atoms with Gasteiger partial charge in [-0.1, -0.05) is 18.2 Å². The lowest BCUT2D eigenvalue weighted by molar-refractivity contribution is -0.275. The zero-order chi connectivity index (χ0) is 18.1. The standard InChI is InChI=1S/C18H24F3NO3/c1-17(23)8-10-24-12-14(17)15-6-4-9-22(15)11-13-5-2-3-7-16(13)25-18(19,20)21/h2-3,5,7,14-15,23H,4,6,8-12H2,1H3/t14-,15-,17-/m0/s1. The van der Waals surface area contributed by atoms with Crippen molar-refractivity contribution >= 4 is 0 Å². The predicted octanol–water partition coefficient (Wildman–Crippen LogP) is 3.34. The van der Waals surface area contributed by atoms with Gasteiger partial charge in [0.25, 0.3) is 0 Å². The first kappa shape index (κ1) is 18.5. The fourth-order valence-corrected chi connectivity index (χ4v) is 3.96. The molecule has 4 nitrogen and oxygen atoms in total. The van der Waals surface area contributed by atoms with Crippen molar-refractivity contribution in [1.29, 1.82) is 0 Å². The van der Waals surface area contributed by atoms with Crippen LogP contribution >= 0.6 is 0 Å². The number of halogens is 3. The number of likely N-dealkylation sites (tertiary alicyclic amines) is 1. The molecule has 0 unspecified atom stereocenters. The normalized spacial score (nSPS) is 31.2. The lowest BCUT2D eigenvalue weighted by atomic mass is 9.79. The Balaban J connectivity index is 1.76. The van der Waals surface area contributed by atoms with Crippen LogP contribution in [-0.4, -0.2) is 47.8 Å². The van der Waals surface area contributed by atoms with E-state index in [9.17, 15) is 18.3 Å². The van der Waals surface area contributed by atoms with Crippen LogP contribution in [0, 0.1) is 5.92 Å². The molecule has 3 atom stereocenters. The van der Waals surface area contributed by atoms with Gasteiger partial charge in [-0.25, -0.2) is 0 Å². The molecule has 1 N–H and O–H groups in total. The Morgan fingerprint density at radius 1 is 1.36 bits per heavy atom. The quantitative estimate of drug-likeness (QED) is 0.895. The van der Waals surface area contributed by atoms with Crippen LogP contribution in [0.4, 0.5) is 13.2 Å². The number of aliphatic hydroxyl groups is 1. The van der Waals surface area contributed by atoms with Gasteiger partial charge in [-0.05, 0) is 38.8 Å². The third kappa shape index (κ3) is 4.46. The van der Waals surface area contributed by atoms with Gasteiger partial charge in [0.05, 0.1) is 12.2 Å². The first-order valence-electron chi connectivity index (χ1n) is 8.64. The molecule has 0 bridgehead atoms. The molecule has 25 heavy (non-hydrogen) atoms. The fraction of sp³-hybridized carbons (Fsp3) is 0.667. The monoisotopic (exact) mass is 359 g/mol.